The number of fused-ring (bicyclic) bond motifs is 1. The predicted octanol–water partition coefficient (Wildman–Crippen LogP) is 4.06. The Labute approximate surface area is 225 Å². The van der Waals surface area contributed by atoms with Gasteiger partial charge in [-0.25, -0.2) is 37.7 Å². The molecule has 0 saturated heterocycles. The van der Waals surface area contributed by atoms with Gasteiger partial charge in [-0.2, -0.15) is 0 Å². The van der Waals surface area contributed by atoms with Crippen molar-refractivity contribution in [2.75, 3.05) is 48.5 Å². The molecule has 0 amide bonds. The summed E-state index contributed by atoms with van der Waals surface area (Å²) in [5.41, 5.74) is 7.33. The first-order valence-electron chi connectivity index (χ1n) is 12.1. The van der Waals surface area contributed by atoms with E-state index in [9.17, 15) is 12.8 Å². The number of hydrogen-bond donors (Lipinski definition) is 3. The molecular formula is C25H30F2N8O3S. The van der Waals surface area contributed by atoms with Gasteiger partial charge in [-0.15, -0.1) is 0 Å². The standard InChI is InChI=1S/C21H20F2N8O2S.C4H10O/c1-25-21-26-10-12(11-27-21)20-29-16-7-6-14(28-18(16)19(24)30-20)13-4-2-5-15(17(13)23)31-34(32,33)9-3-8-22;1-3-5-4-2/h2,4-7,10-11,31H,3,8-9H2,1H3,(H2,24,29,30)(H,25,26,27);3-4H2,1-2H3. The third-order valence-corrected chi connectivity index (χ3v) is 6.56. The summed E-state index contributed by atoms with van der Waals surface area (Å²) in [6.45, 7) is 4.88. The fourth-order valence-corrected chi connectivity index (χ4v) is 4.45. The number of alkyl halides is 1. The molecule has 11 nitrogen and oxygen atoms in total. The molecule has 0 atom stereocenters. The van der Waals surface area contributed by atoms with Crippen molar-refractivity contribution < 1.29 is 21.9 Å². The number of nitrogens with two attached hydrogens (primary N) is 1. The maximum absolute atomic E-state index is 15.1. The quantitative estimate of drug-likeness (QED) is 0.258. The molecule has 0 aliphatic carbocycles. The molecule has 4 N–H and O–H groups in total. The van der Waals surface area contributed by atoms with Crippen LogP contribution in [0.4, 0.5) is 26.2 Å². The number of anilines is 3. The summed E-state index contributed by atoms with van der Waals surface area (Å²) in [5.74, 6) is -0.463. The van der Waals surface area contributed by atoms with Gasteiger partial charge in [0, 0.05) is 38.2 Å². The highest BCUT2D eigenvalue weighted by molar-refractivity contribution is 7.92. The van der Waals surface area contributed by atoms with Gasteiger partial charge in [0.2, 0.25) is 16.0 Å². The number of hydrogen-bond acceptors (Lipinski definition) is 10. The lowest BCUT2D eigenvalue weighted by molar-refractivity contribution is 0.162. The van der Waals surface area contributed by atoms with Gasteiger partial charge in [0.25, 0.3) is 0 Å². The van der Waals surface area contributed by atoms with Crippen LogP contribution in [0.3, 0.4) is 0 Å². The van der Waals surface area contributed by atoms with E-state index in [4.69, 9.17) is 10.5 Å². The van der Waals surface area contributed by atoms with Crippen molar-refractivity contribution in [3.8, 4) is 22.6 Å². The molecule has 4 rings (SSSR count). The molecule has 0 spiro atoms. The van der Waals surface area contributed by atoms with Gasteiger partial charge in [-0.05, 0) is 44.5 Å². The lowest BCUT2D eigenvalue weighted by atomic mass is 10.1. The normalized spacial score (nSPS) is 11.1. The van der Waals surface area contributed by atoms with Crippen molar-refractivity contribution in [3.05, 3.63) is 48.5 Å². The third kappa shape index (κ3) is 7.74. The lowest BCUT2D eigenvalue weighted by Crippen LogP contribution is -2.18. The van der Waals surface area contributed by atoms with Crippen LogP contribution < -0.4 is 15.8 Å². The zero-order valence-corrected chi connectivity index (χ0v) is 22.6. The summed E-state index contributed by atoms with van der Waals surface area (Å²) < 4.78 is 58.6. The average molecular weight is 561 g/mol. The minimum absolute atomic E-state index is 0.0483. The van der Waals surface area contributed by atoms with Gasteiger partial charge in [0.15, 0.2) is 17.5 Å². The minimum Gasteiger partial charge on any atom is -0.382 e. The smallest absolute Gasteiger partial charge is 0.232 e. The number of nitrogens with one attached hydrogen (secondary N) is 2. The number of rotatable bonds is 10. The Morgan fingerprint density at radius 1 is 1.03 bits per heavy atom. The van der Waals surface area contributed by atoms with Crippen molar-refractivity contribution in [1.29, 1.82) is 0 Å². The number of benzene rings is 1. The third-order valence-electron chi connectivity index (χ3n) is 5.20. The number of nitrogens with zero attached hydrogens (tertiary/aromatic N) is 5. The van der Waals surface area contributed by atoms with E-state index >= 15 is 4.39 Å². The molecule has 14 heteroatoms. The molecule has 1 aromatic carbocycles. The first-order chi connectivity index (χ1) is 18.7. The molecule has 0 unspecified atom stereocenters. The van der Waals surface area contributed by atoms with E-state index in [1.807, 2.05) is 13.8 Å². The second kappa shape index (κ2) is 13.7. The highest BCUT2D eigenvalue weighted by atomic mass is 32.2. The first-order valence-corrected chi connectivity index (χ1v) is 13.8. The number of aromatic nitrogens is 5. The van der Waals surface area contributed by atoms with Crippen molar-refractivity contribution >= 4 is 38.5 Å². The van der Waals surface area contributed by atoms with Crippen molar-refractivity contribution in [2.45, 2.75) is 20.3 Å². The molecule has 4 aromatic rings. The Bertz CT molecular complexity index is 1500. The monoisotopic (exact) mass is 560 g/mol. The van der Waals surface area contributed by atoms with E-state index in [1.165, 1.54) is 18.2 Å². The van der Waals surface area contributed by atoms with Gasteiger partial charge >= 0.3 is 0 Å². The molecule has 0 aliphatic heterocycles. The van der Waals surface area contributed by atoms with E-state index in [0.29, 0.717) is 22.9 Å². The Hall–Kier alpha value is -4.04. The van der Waals surface area contributed by atoms with Crippen LogP contribution in [0.15, 0.2) is 42.7 Å². The minimum atomic E-state index is -3.90. The molecule has 0 fully saturated rings. The Balaban J connectivity index is 0.000000771. The molecule has 39 heavy (non-hydrogen) atoms. The second-order valence-corrected chi connectivity index (χ2v) is 9.80. The summed E-state index contributed by atoms with van der Waals surface area (Å²) in [6, 6.07) is 7.36. The molecule has 0 saturated carbocycles. The molecule has 0 bridgehead atoms. The van der Waals surface area contributed by atoms with E-state index < -0.39 is 28.3 Å². The fourth-order valence-electron chi connectivity index (χ4n) is 3.36. The summed E-state index contributed by atoms with van der Waals surface area (Å²) in [4.78, 5) is 21.4. The van der Waals surface area contributed by atoms with E-state index in [-0.39, 0.29) is 34.7 Å². The van der Waals surface area contributed by atoms with Crippen LogP contribution >= 0.6 is 0 Å². The topological polar surface area (TPSA) is 158 Å². The van der Waals surface area contributed by atoms with Crippen molar-refractivity contribution in [3.63, 3.8) is 0 Å². The molecule has 3 heterocycles. The van der Waals surface area contributed by atoms with Crippen molar-refractivity contribution in [2.24, 2.45) is 0 Å². The van der Waals surface area contributed by atoms with E-state index in [1.54, 1.807) is 31.6 Å². The molecule has 3 aromatic heterocycles. The highest BCUT2D eigenvalue weighted by Gasteiger charge is 2.18. The van der Waals surface area contributed by atoms with Gasteiger partial charge in [-0.3, -0.25) is 9.11 Å². The van der Waals surface area contributed by atoms with E-state index in [2.05, 4.69) is 35.0 Å². The number of sulfonamides is 1. The maximum atomic E-state index is 15.1. The van der Waals surface area contributed by atoms with Crippen LogP contribution in [0.25, 0.3) is 33.7 Å². The Morgan fingerprint density at radius 3 is 2.36 bits per heavy atom. The fraction of sp³-hybridized carbons (Fsp3) is 0.320. The summed E-state index contributed by atoms with van der Waals surface area (Å²) in [6.07, 6.45) is 2.92. The van der Waals surface area contributed by atoms with Gasteiger partial charge in [0.1, 0.15) is 5.52 Å². The number of ether oxygens (including phenoxy) is 1. The van der Waals surface area contributed by atoms with Crippen LogP contribution in [-0.2, 0) is 14.8 Å². The number of pyridine rings is 1. The summed E-state index contributed by atoms with van der Waals surface area (Å²) in [7, 11) is -2.20. The van der Waals surface area contributed by atoms with Crippen LogP contribution in [-0.4, -0.2) is 66.0 Å². The first kappa shape index (κ1) is 29.5. The Kier molecular flexibility index (Phi) is 10.3. The highest BCUT2D eigenvalue weighted by Crippen LogP contribution is 2.30. The Morgan fingerprint density at radius 2 is 1.74 bits per heavy atom. The van der Waals surface area contributed by atoms with Crippen LogP contribution in [0, 0.1) is 5.82 Å². The zero-order valence-electron chi connectivity index (χ0n) is 21.8. The largest absolute Gasteiger partial charge is 0.382 e. The molecule has 208 valence electrons. The van der Waals surface area contributed by atoms with Crippen molar-refractivity contribution in [1.82, 2.24) is 24.9 Å². The SMILES string of the molecule is CCOCC.CNc1ncc(-c2nc(N)c3nc(-c4cccc(NS(=O)(=O)CCCF)c4F)ccc3n2)cn1. The summed E-state index contributed by atoms with van der Waals surface area (Å²) >= 11 is 0. The van der Waals surface area contributed by atoms with Crippen LogP contribution in [0.2, 0.25) is 0 Å². The lowest BCUT2D eigenvalue weighted by Gasteiger charge is -2.12. The van der Waals surface area contributed by atoms with Gasteiger partial charge in [-0.1, -0.05) is 6.07 Å². The predicted molar refractivity (Wildman–Crippen MR) is 148 cm³/mol. The van der Waals surface area contributed by atoms with E-state index in [0.717, 1.165) is 13.2 Å². The molecule has 0 aliphatic rings. The molecular weight excluding hydrogens is 530 g/mol. The number of nitrogen functional groups attached to an aromatic ring is 1. The van der Waals surface area contributed by atoms with Gasteiger partial charge in [0.05, 0.1) is 34.9 Å². The number of halogens is 2. The summed E-state index contributed by atoms with van der Waals surface area (Å²) in [5, 5.41) is 2.82. The average Bonchev–Trinajstić information content (AvgIpc) is 2.94. The maximum Gasteiger partial charge on any atom is 0.232 e. The zero-order chi connectivity index (χ0) is 28.4. The van der Waals surface area contributed by atoms with Crippen LogP contribution in [0.5, 0.6) is 0 Å². The van der Waals surface area contributed by atoms with Crippen LogP contribution in [0.1, 0.15) is 20.3 Å². The second-order valence-electron chi connectivity index (χ2n) is 7.95. The molecule has 0 radical (unpaired) electrons. The van der Waals surface area contributed by atoms with Gasteiger partial charge < -0.3 is 15.8 Å².